The monoisotopic (exact) mass is 227 g/mol. The maximum absolute atomic E-state index is 10.9. The average molecular weight is 227 g/mol. The van der Waals surface area contributed by atoms with Crippen LogP contribution in [0.2, 0.25) is 0 Å². The number of hydrogen-bond acceptors (Lipinski definition) is 4. The Labute approximate surface area is 94.6 Å². The molecule has 1 heterocycles. The molecule has 0 aliphatic heterocycles. The van der Waals surface area contributed by atoms with Crippen LogP contribution in [0.4, 0.5) is 0 Å². The number of likely N-dealkylation sites (N-methyl/N-ethyl adjacent to an activating group) is 1. The molecule has 0 saturated carbocycles. The predicted molar refractivity (Wildman–Crippen MR) is 58.1 cm³/mol. The van der Waals surface area contributed by atoms with Crippen LogP contribution < -0.4 is 0 Å². The fraction of sp³-hybridized carbons (Fsp3) is 0.545. The number of carbonyl (C=O) groups is 1. The van der Waals surface area contributed by atoms with Gasteiger partial charge < -0.3 is 14.3 Å². The van der Waals surface area contributed by atoms with Gasteiger partial charge in [-0.25, -0.2) is 4.79 Å². The molecule has 1 unspecified atom stereocenters. The molecule has 0 radical (unpaired) electrons. The Bertz CT molecular complexity index is 310. The normalized spacial score (nSPS) is 12.9. The van der Waals surface area contributed by atoms with Gasteiger partial charge in [0.15, 0.2) is 6.10 Å². The summed E-state index contributed by atoms with van der Waals surface area (Å²) in [5.74, 6) is -0.930. The van der Waals surface area contributed by atoms with Crippen molar-refractivity contribution in [3.8, 4) is 0 Å². The van der Waals surface area contributed by atoms with E-state index in [-0.39, 0.29) is 0 Å². The van der Waals surface area contributed by atoms with Gasteiger partial charge in [0.1, 0.15) is 0 Å². The lowest BCUT2D eigenvalue weighted by Crippen LogP contribution is -2.36. The molecule has 1 aromatic rings. The van der Waals surface area contributed by atoms with Gasteiger partial charge in [-0.05, 0) is 20.0 Å². The molecule has 0 saturated heterocycles. The first-order valence-electron chi connectivity index (χ1n) is 5.17. The number of nitrogens with zero attached hydrogens (tertiary/aromatic N) is 1. The van der Waals surface area contributed by atoms with E-state index in [0.29, 0.717) is 19.7 Å². The third-order valence-corrected chi connectivity index (χ3v) is 2.15. The van der Waals surface area contributed by atoms with Crippen LogP contribution in [-0.4, -0.2) is 42.3 Å². The predicted octanol–water partition coefficient (Wildman–Crippen LogP) is 1.20. The summed E-state index contributed by atoms with van der Waals surface area (Å²) in [6.07, 6.45) is 2.47. The van der Waals surface area contributed by atoms with Crippen molar-refractivity contribution in [2.75, 3.05) is 20.2 Å². The molecule has 1 atom stereocenters. The second kappa shape index (κ2) is 6.30. The third-order valence-electron chi connectivity index (χ3n) is 2.15. The summed E-state index contributed by atoms with van der Waals surface area (Å²) in [5.41, 5.74) is 1.02. The second-order valence-corrected chi connectivity index (χ2v) is 3.61. The van der Waals surface area contributed by atoms with E-state index in [0.717, 1.165) is 5.56 Å². The highest BCUT2D eigenvalue weighted by Gasteiger charge is 2.19. The zero-order chi connectivity index (χ0) is 12.0. The standard InChI is InChI=1S/C11H17NO4/c1-3-16-10(11(13)14)7-12(2)6-9-4-5-15-8-9/h4-5,8,10H,3,6-7H2,1-2H3,(H,13,14). The van der Waals surface area contributed by atoms with Crippen molar-refractivity contribution in [3.05, 3.63) is 24.2 Å². The lowest BCUT2D eigenvalue weighted by molar-refractivity contribution is -0.151. The van der Waals surface area contributed by atoms with Crippen LogP contribution in [0.3, 0.4) is 0 Å². The van der Waals surface area contributed by atoms with E-state index >= 15 is 0 Å². The fourth-order valence-electron chi connectivity index (χ4n) is 1.45. The second-order valence-electron chi connectivity index (χ2n) is 3.61. The topological polar surface area (TPSA) is 62.9 Å². The van der Waals surface area contributed by atoms with Crippen LogP contribution in [0.15, 0.2) is 23.0 Å². The number of aliphatic carboxylic acids is 1. The Morgan fingerprint density at radius 2 is 2.44 bits per heavy atom. The van der Waals surface area contributed by atoms with Crippen LogP contribution in [-0.2, 0) is 16.1 Å². The molecule has 0 fully saturated rings. The van der Waals surface area contributed by atoms with Crippen molar-refractivity contribution >= 4 is 5.97 Å². The van der Waals surface area contributed by atoms with E-state index in [1.54, 1.807) is 19.5 Å². The largest absolute Gasteiger partial charge is 0.479 e. The Kier molecular flexibility index (Phi) is 5.01. The lowest BCUT2D eigenvalue weighted by Gasteiger charge is -2.20. The van der Waals surface area contributed by atoms with Crippen LogP contribution in [0.5, 0.6) is 0 Å². The summed E-state index contributed by atoms with van der Waals surface area (Å²) in [6.45, 7) is 3.18. The molecule has 0 aromatic carbocycles. The molecule has 0 amide bonds. The summed E-state index contributed by atoms with van der Waals surface area (Å²) in [7, 11) is 1.85. The smallest absolute Gasteiger partial charge is 0.334 e. The van der Waals surface area contributed by atoms with Crippen molar-refractivity contribution in [1.82, 2.24) is 4.90 Å². The minimum Gasteiger partial charge on any atom is -0.479 e. The average Bonchev–Trinajstić information content (AvgIpc) is 2.69. The van der Waals surface area contributed by atoms with E-state index in [1.165, 1.54) is 0 Å². The molecule has 0 spiro atoms. The van der Waals surface area contributed by atoms with Gasteiger partial charge in [-0.15, -0.1) is 0 Å². The molecule has 1 N–H and O–H groups in total. The highest BCUT2D eigenvalue weighted by Crippen LogP contribution is 2.05. The first-order valence-corrected chi connectivity index (χ1v) is 5.17. The van der Waals surface area contributed by atoms with Gasteiger partial charge in [0.2, 0.25) is 0 Å². The van der Waals surface area contributed by atoms with Crippen LogP contribution >= 0.6 is 0 Å². The van der Waals surface area contributed by atoms with Gasteiger partial charge in [-0.1, -0.05) is 0 Å². The molecule has 5 heteroatoms. The maximum Gasteiger partial charge on any atom is 0.334 e. The molecular weight excluding hydrogens is 210 g/mol. The van der Waals surface area contributed by atoms with Crippen molar-refractivity contribution in [2.24, 2.45) is 0 Å². The van der Waals surface area contributed by atoms with Gasteiger partial charge in [0.25, 0.3) is 0 Å². The van der Waals surface area contributed by atoms with Gasteiger partial charge >= 0.3 is 5.97 Å². The summed E-state index contributed by atoms with van der Waals surface area (Å²) in [5, 5.41) is 8.91. The van der Waals surface area contributed by atoms with Crippen LogP contribution in [0.1, 0.15) is 12.5 Å². The maximum atomic E-state index is 10.9. The fourth-order valence-corrected chi connectivity index (χ4v) is 1.45. The SMILES string of the molecule is CCOC(CN(C)Cc1ccoc1)C(=O)O. The van der Waals surface area contributed by atoms with Gasteiger partial charge in [-0.3, -0.25) is 4.90 Å². The van der Waals surface area contributed by atoms with E-state index in [2.05, 4.69) is 0 Å². The molecule has 0 aliphatic rings. The highest BCUT2D eigenvalue weighted by molar-refractivity contribution is 5.72. The van der Waals surface area contributed by atoms with E-state index in [9.17, 15) is 4.79 Å². The Balaban J connectivity index is 2.42. The van der Waals surface area contributed by atoms with Crippen molar-refractivity contribution in [3.63, 3.8) is 0 Å². The number of carboxylic acid groups (broad SMARTS) is 1. The molecule has 0 bridgehead atoms. The summed E-state index contributed by atoms with van der Waals surface area (Å²) < 4.78 is 10.1. The highest BCUT2D eigenvalue weighted by atomic mass is 16.5. The Morgan fingerprint density at radius 1 is 1.69 bits per heavy atom. The Morgan fingerprint density at radius 3 is 2.94 bits per heavy atom. The van der Waals surface area contributed by atoms with Crippen LogP contribution in [0, 0.1) is 0 Å². The van der Waals surface area contributed by atoms with Crippen molar-refractivity contribution in [1.29, 1.82) is 0 Å². The summed E-state index contributed by atoms with van der Waals surface area (Å²) in [6, 6.07) is 1.85. The van der Waals surface area contributed by atoms with Gasteiger partial charge in [0.05, 0.1) is 12.5 Å². The van der Waals surface area contributed by atoms with Crippen molar-refractivity contribution in [2.45, 2.75) is 19.6 Å². The number of hydrogen-bond donors (Lipinski definition) is 1. The number of ether oxygens (including phenoxy) is 1. The molecule has 5 nitrogen and oxygen atoms in total. The zero-order valence-corrected chi connectivity index (χ0v) is 9.55. The van der Waals surface area contributed by atoms with Crippen LogP contribution in [0.25, 0.3) is 0 Å². The molecule has 1 aromatic heterocycles. The van der Waals surface area contributed by atoms with E-state index in [1.807, 2.05) is 18.0 Å². The number of rotatable bonds is 7. The Hall–Kier alpha value is -1.33. The van der Waals surface area contributed by atoms with E-state index < -0.39 is 12.1 Å². The third kappa shape index (κ3) is 4.04. The van der Waals surface area contributed by atoms with Crippen molar-refractivity contribution < 1.29 is 19.1 Å². The lowest BCUT2D eigenvalue weighted by atomic mass is 10.3. The number of furan rings is 1. The first-order chi connectivity index (χ1) is 7.63. The van der Waals surface area contributed by atoms with Gasteiger partial charge in [-0.2, -0.15) is 0 Å². The first kappa shape index (κ1) is 12.7. The van der Waals surface area contributed by atoms with Gasteiger partial charge in [0, 0.05) is 25.3 Å². The zero-order valence-electron chi connectivity index (χ0n) is 9.55. The summed E-state index contributed by atoms with van der Waals surface area (Å²) in [4.78, 5) is 12.7. The number of carboxylic acids is 1. The molecule has 16 heavy (non-hydrogen) atoms. The molecule has 90 valence electrons. The molecule has 1 rings (SSSR count). The minimum absolute atomic E-state index is 0.356. The minimum atomic E-state index is -0.930. The van der Waals surface area contributed by atoms with E-state index in [4.69, 9.17) is 14.3 Å². The molecule has 0 aliphatic carbocycles. The summed E-state index contributed by atoms with van der Waals surface area (Å²) >= 11 is 0. The quantitative estimate of drug-likeness (QED) is 0.758. The molecular formula is C11H17NO4.